The number of hydrogen-bond acceptors (Lipinski definition) is 2. The van der Waals surface area contributed by atoms with Gasteiger partial charge in [-0.25, -0.2) is 0 Å². The number of fused-ring (bicyclic) bond motifs is 2. The molecule has 1 aliphatic heterocycles. The predicted octanol–water partition coefficient (Wildman–Crippen LogP) is 9.47. The van der Waals surface area contributed by atoms with Crippen LogP contribution in [0.4, 0.5) is 0 Å². The van der Waals surface area contributed by atoms with E-state index in [4.69, 9.17) is 0 Å². The van der Waals surface area contributed by atoms with Crippen LogP contribution in [0.1, 0.15) is 73.4 Å². The molecule has 13 rings (SSSR count). The minimum Gasteiger partial charge on any atom is -0.300 e. The Morgan fingerprint density at radius 2 is 1.49 bits per heavy atom. The van der Waals surface area contributed by atoms with Gasteiger partial charge in [-0.3, -0.25) is 9.59 Å². The number of hydrogen-bond donors (Lipinski definition) is 0. The first kappa shape index (κ1) is 24.9. The lowest BCUT2D eigenvalue weighted by molar-refractivity contribution is 0.104. The van der Waals surface area contributed by atoms with Crippen molar-refractivity contribution in [2.45, 2.75) is 52.5 Å². The molecule has 5 aliphatic carbocycles. The van der Waals surface area contributed by atoms with Crippen molar-refractivity contribution in [3.63, 3.8) is 0 Å². The lowest BCUT2D eigenvalue weighted by atomic mass is 9.85. The third-order valence-electron chi connectivity index (χ3n) is 12.4. The van der Waals surface area contributed by atoms with Gasteiger partial charge in [0, 0.05) is 39.5 Å². The summed E-state index contributed by atoms with van der Waals surface area (Å²) in [6, 6.07) is 18.0. The van der Waals surface area contributed by atoms with Crippen LogP contribution in [-0.2, 0) is 25.7 Å². The van der Waals surface area contributed by atoms with E-state index in [1.54, 1.807) is 0 Å². The predicted molar refractivity (Wildman–Crippen MR) is 191 cm³/mol. The Labute approximate surface area is 270 Å². The van der Waals surface area contributed by atoms with E-state index in [2.05, 4.69) is 92.1 Å². The van der Waals surface area contributed by atoms with Gasteiger partial charge in [-0.15, -0.1) is 0 Å². The number of pyridine rings is 1. The van der Waals surface area contributed by atoms with Gasteiger partial charge in [0.15, 0.2) is 5.78 Å². The van der Waals surface area contributed by atoms with Gasteiger partial charge in [-0.2, -0.15) is 0 Å². The zero-order valence-electron chi connectivity index (χ0n) is 26.5. The molecule has 222 valence electrons. The quantitative estimate of drug-likeness (QED) is 0.146. The number of carbonyl (C=O) groups excluding carboxylic acids is 1. The summed E-state index contributed by atoms with van der Waals surface area (Å²) in [6.07, 6.45) is 9.68. The Kier molecular flexibility index (Phi) is 4.13. The van der Waals surface area contributed by atoms with E-state index >= 15 is 4.79 Å². The van der Waals surface area contributed by atoms with Gasteiger partial charge in [0.1, 0.15) is 0 Å². The summed E-state index contributed by atoms with van der Waals surface area (Å²) in [5.41, 5.74) is 18.2. The second-order valence-electron chi connectivity index (χ2n) is 14.7. The van der Waals surface area contributed by atoms with Crippen LogP contribution in [-0.4, -0.2) is 10.4 Å². The number of aromatic nitrogens is 1. The van der Waals surface area contributed by atoms with Crippen LogP contribution >= 0.6 is 0 Å². The molecule has 0 spiro atoms. The maximum Gasteiger partial charge on any atom is 0.260 e. The lowest BCUT2D eigenvalue weighted by Crippen LogP contribution is -2.26. The maximum absolute atomic E-state index is 15.7. The molecular formula is C44H29NO2. The van der Waals surface area contributed by atoms with E-state index in [1.807, 2.05) is 0 Å². The van der Waals surface area contributed by atoms with E-state index in [0.717, 1.165) is 73.6 Å². The van der Waals surface area contributed by atoms with Gasteiger partial charge in [0.2, 0.25) is 0 Å². The molecule has 0 fully saturated rings. The Bertz CT molecular complexity index is 2910. The van der Waals surface area contributed by atoms with Crippen LogP contribution in [0.5, 0.6) is 0 Å². The third kappa shape index (κ3) is 2.65. The van der Waals surface area contributed by atoms with E-state index in [1.165, 1.54) is 65.9 Å². The van der Waals surface area contributed by atoms with Crippen molar-refractivity contribution in [3.05, 3.63) is 132 Å². The first-order valence-corrected chi connectivity index (χ1v) is 17.0. The van der Waals surface area contributed by atoms with Crippen molar-refractivity contribution in [2.75, 3.05) is 0 Å². The van der Waals surface area contributed by atoms with Crippen LogP contribution < -0.4 is 5.56 Å². The van der Waals surface area contributed by atoms with Crippen molar-refractivity contribution in [3.8, 4) is 22.3 Å². The average molecular weight is 604 g/mol. The van der Waals surface area contributed by atoms with Crippen molar-refractivity contribution < 1.29 is 4.79 Å². The Balaban J connectivity index is 1.41. The molecule has 3 heteroatoms. The minimum atomic E-state index is -0.175. The molecule has 6 aromatic carbocycles. The highest BCUT2D eigenvalue weighted by Crippen LogP contribution is 2.61. The Hall–Kier alpha value is -5.28. The van der Waals surface area contributed by atoms with Crippen molar-refractivity contribution in [1.29, 1.82) is 0 Å². The number of benzene rings is 6. The second kappa shape index (κ2) is 7.81. The summed E-state index contributed by atoms with van der Waals surface area (Å²) in [5.74, 6) is 0.139. The molecular weight excluding hydrogens is 574 g/mol. The first-order chi connectivity index (χ1) is 22.9. The van der Waals surface area contributed by atoms with E-state index in [-0.39, 0.29) is 17.4 Å². The number of allylic oxidation sites excluding steroid dienone is 3. The molecule has 1 aromatic heterocycles. The maximum atomic E-state index is 15.7. The zero-order chi connectivity index (χ0) is 31.2. The summed E-state index contributed by atoms with van der Waals surface area (Å²) in [6.45, 7) is 6.49. The van der Waals surface area contributed by atoms with Crippen LogP contribution in [0.3, 0.4) is 0 Å². The van der Waals surface area contributed by atoms with E-state index in [9.17, 15) is 4.79 Å². The smallest absolute Gasteiger partial charge is 0.260 e. The SMILES string of the molecule is Cc1ccc(C(C)n2c(=O)c3c4c5c6c7cc8c5c5c(cc9ccc(c2c9c35)CC=C2Cc3cc(c-6c-4c3C2=O)C=CC7)C8)cc1C. The summed E-state index contributed by atoms with van der Waals surface area (Å²) < 4.78 is 2.12. The number of carbonyl (C=O) groups is 1. The highest BCUT2D eigenvalue weighted by Gasteiger charge is 2.41. The van der Waals surface area contributed by atoms with Crippen LogP contribution in [0, 0.1) is 13.8 Å². The fourth-order valence-corrected chi connectivity index (χ4v) is 10.3. The minimum absolute atomic E-state index is 0.0608. The van der Waals surface area contributed by atoms with Gasteiger partial charge in [0.05, 0.1) is 16.9 Å². The molecule has 0 saturated heterocycles. The number of ketones is 1. The highest BCUT2D eigenvalue weighted by atomic mass is 16.1. The molecule has 1 atom stereocenters. The number of nitrogens with zero attached hydrogens (tertiary/aromatic N) is 1. The van der Waals surface area contributed by atoms with Crippen molar-refractivity contribution >= 4 is 55.1 Å². The lowest BCUT2D eigenvalue weighted by Gasteiger charge is -2.26. The Morgan fingerprint density at radius 3 is 2.36 bits per heavy atom. The highest BCUT2D eigenvalue weighted by molar-refractivity contribution is 6.41. The molecule has 0 radical (unpaired) electrons. The molecule has 0 N–H and O–H groups in total. The van der Waals surface area contributed by atoms with E-state index in [0.29, 0.717) is 12.8 Å². The number of rotatable bonds is 2. The fraction of sp³-hybridized carbons (Fsp3) is 0.182. The molecule has 0 saturated carbocycles. The normalized spacial score (nSPS) is 16.6. The third-order valence-corrected chi connectivity index (χ3v) is 12.4. The molecule has 2 heterocycles. The molecule has 8 bridgehead atoms. The zero-order valence-corrected chi connectivity index (χ0v) is 26.5. The summed E-state index contributed by atoms with van der Waals surface area (Å²) in [7, 11) is 0. The summed E-state index contributed by atoms with van der Waals surface area (Å²) in [5, 5.41) is 8.09. The molecule has 3 nitrogen and oxygen atoms in total. The van der Waals surface area contributed by atoms with Gasteiger partial charge in [0.25, 0.3) is 5.56 Å². The topological polar surface area (TPSA) is 39.1 Å². The van der Waals surface area contributed by atoms with Gasteiger partial charge in [-0.1, -0.05) is 66.8 Å². The molecule has 1 unspecified atom stereocenters. The molecule has 47 heavy (non-hydrogen) atoms. The standard InChI is InChI=1S/C44H29NO2/c1-19-7-8-23(13-20(19)2)21(3)45-42-22-9-11-26-16-29-18-28-14-24-5-4-6-25-15-30-17-27(12-10-22)43(46)36(30)39-32(25)31(24)37-33(28)34(29)38(35(26)42)41(40(37)39)44(45)47/h4,6-9,11-16,21H,5,10,17-18H2,1-3H3. The van der Waals surface area contributed by atoms with Gasteiger partial charge in [-0.05, 0) is 123 Å². The molecule has 7 aromatic rings. The Morgan fingerprint density at radius 1 is 0.638 bits per heavy atom. The summed E-state index contributed by atoms with van der Waals surface area (Å²) >= 11 is 0. The number of Topliss-reactive ketones (excluding diaryl/α,β-unsaturated/α-hetero) is 1. The largest absolute Gasteiger partial charge is 0.300 e. The van der Waals surface area contributed by atoms with Crippen molar-refractivity contribution in [1.82, 2.24) is 4.57 Å². The number of aryl methyl sites for hydroxylation is 2. The first-order valence-electron chi connectivity index (χ1n) is 17.0. The van der Waals surface area contributed by atoms with Crippen LogP contribution in [0.2, 0.25) is 0 Å². The molecule has 0 amide bonds. The van der Waals surface area contributed by atoms with Crippen LogP contribution in [0.15, 0.2) is 71.1 Å². The van der Waals surface area contributed by atoms with Gasteiger partial charge >= 0.3 is 0 Å². The fourth-order valence-electron chi connectivity index (χ4n) is 10.3. The monoisotopic (exact) mass is 603 g/mol. The van der Waals surface area contributed by atoms with Crippen molar-refractivity contribution in [2.24, 2.45) is 0 Å². The second-order valence-corrected chi connectivity index (χ2v) is 14.7. The van der Waals surface area contributed by atoms with Gasteiger partial charge < -0.3 is 4.57 Å². The van der Waals surface area contributed by atoms with Crippen LogP contribution in [0.25, 0.3) is 71.6 Å². The van der Waals surface area contributed by atoms with E-state index < -0.39 is 0 Å². The average Bonchev–Trinajstić information content (AvgIpc) is 3.66. The summed E-state index contributed by atoms with van der Waals surface area (Å²) in [4.78, 5) is 30.2. The molecule has 6 aliphatic rings.